The SMILES string of the molecule is CC(C)CN(CCC#N)C(=O)CSc1ccccc1. The van der Waals surface area contributed by atoms with Crippen molar-refractivity contribution < 1.29 is 4.79 Å². The lowest BCUT2D eigenvalue weighted by Crippen LogP contribution is -2.36. The molecule has 4 heteroatoms. The summed E-state index contributed by atoms with van der Waals surface area (Å²) in [5, 5.41) is 8.65. The largest absolute Gasteiger partial charge is 0.341 e. The molecule has 0 bridgehead atoms. The Morgan fingerprint density at radius 3 is 2.63 bits per heavy atom. The van der Waals surface area contributed by atoms with Crippen molar-refractivity contribution >= 4 is 17.7 Å². The molecule has 1 aromatic rings. The minimum Gasteiger partial charge on any atom is -0.341 e. The fraction of sp³-hybridized carbons (Fsp3) is 0.467. The number of carbonyl (C=O) groups is 1. The van der Waals surface area contributed by atoms with Crippen LogP contribution in [0.15, 0.2) is 35.2 Å². The van der Waals surface area contributed by atoms with Crippen LogP contribution in [0.1, 0.15) is 20.3 Å². The Balaban J connectivity index is 2.49. The number of amides is 1. The number of hydrogen-bond acceptors (Lipinski definition) is 3. The van der Waals surface area contributed by atoms with E-state index in [0.717, 1.165) is 11.4 Å². The van der Waals surface area contributed by atoms with E-state index in [2.05, 4.69) is 19.9 Å². The summed E-state index contributed by atoms with van der Waals surface area (Å²) >= 11 is 1.54. The quantitative estimate of drug-likeness (QED) is 0.718. The van der Waals surface area contributed by atoms with E-state index in [9.17, 15) is 4.79 Å². The highest BCUT2D eigenvalue weighted by Crippen LogP contribution is 2.17. The normalized spacial score (nSPS) is 10.2. The first kappa shape index (κ1) is 15.6. The summed E-state index contributed by atoms with van der Waals surface area (Å²) in [6.45, 7) is 5.41. The molecule has 0 N–H and O–H groups in total. The number of hydrogen-bond donors (Lipinski definition) is 0. The lowest BCUT2D eigenvalue weighted by molar-refractivity contribution is -0.128. The average Bonchev–Trinajstić information content (AvgIpc) is 2.41. The number of thioether (sulfide) groups is 1. The van der Waals surface area contributed by atoms with Gasteiger partial charge in [-0.25, -0.2) is 0 Å². The highest BCUT2D eigenvalue weighted by Gasteiger charge is 2.14. The van der Waals surface area contributed by atoms with Crippen LogP contribution < -0.4 is 0 Å². The van der Waals surface area contributed by atoms with Crippen LogP contribution in [-0.2, 0) is 4.79 Å². The van der Waals surface area contributed by atoms with Gasteiger partial charge in [-0.3, -0.25) is 4.79 Å². The summed E-state index contributed by atoms with van der Waals surface area (Å²) in [6.07, 6.45) is 0.397. The maximum atomic E-state index is 12.2. The molecule has 0 aliphatic heterocycles. The first-order valence-electron chi connectivity index (χ1n) is 6.46. The first-order chi connectivity index (χ1) is 9.13. The van der Waals surface area contributed by atoms with Crippen molar-refractivity contribution in [1.29, 1.82) is 5.26 Å². The molecule has 102 valence electrons. The molecule has 0 radical (unpaired) electrons. The summed E-state index contributed by atoms with van der Waals surface area (Å²) < 4.78 is 0. The highest BCUT2D eigenvalue weighted by atomic mass is 32.2. The van der Waals surface area contributed by atoms with E-state index in [1.807, 2.05) is 30.3 Å². The van der Waals surface area contributed by atoms with Crippen molar-refractivity contribution in [3.63, 3.8) is 0 Å². The number of carbonyl (C=O) groups excluding carboxylic acids is 1. The third-order valence-corrected chi connectivity index (χ3v) is 3.53. The van der Waals surface area contributed by atoms with Gasteiger partial charge in [0.15, 0.2) is 0 Å². The molecule has 0 fully saturated rings. The van der Waals surface area contributed by atoms with Gasteiger partial charge in [-0.2, -0.15) is 5.26 Å². The molecule has 0 atom stereocenters. The van der Waals surface area contributed by atoms with Gasteiger partial charge in [0.05, 0.1) is 18.2 Å². The second kappa shape index (κ2) is 8.60. The summed E-state index contributed by atoms with van der Waals surface area (Å²) in [7, 11) is 0. The summed E-state index contributed by atoms with van der Waals surface area (Å²) in [6, 6.07) is 12.0. The Morgan fingerprint density at radius 1 is 1.37 bits per heavy atom. The predicted molar refractivity (Wildman–Crippen MR) is 78.8 cm³/mol. The Bertz CT molecular complexity index is 426. The molecule has 1 rings (SSSR count). The number of benzene rings is 1. The van der Waals surface area contributed by atoms with Gasteiger partial charge in [-0.05, 0) is 18.1 Å². The number of rotatable bonds is 7. The van der Waals surface area contributed by atoms with Crippen molar-refractivity contribution in [2.75, 3.05) is 18.8 Å². The van der Waals surface area contributed by atoms with E-state index in [0.29, 0.717) is 24.6 Å². The van der Waals surface area contributed by atoms with Crippen molar-refractivity contribution in [1.82, 2.24) is 4.90 Å². The van der Waals surface area contributed by atoms with E-state index in [4.69, 9.17) is 5.26 Å². The van der Waals surface area contributed by atoms with Gasteiger partial charge < -0.3 is 4.90 Å². The summed E-state index contributed by atoms with van der Waals surface area (Å²) in [5.74, 6) is 0.962. The van der Waals surface area contributed by atoms with E-state index in [1.165, 1.54) is 0 Å². The monoisotopic (exact) mass is 276 g/mol. The fourth-order valence-electron chi connectivity index (χ4n) is 1.70. The van der Waals surface area contributed by atoms with Crippen molar-refractivity contribution in [2.24, 2.45) is 5.92 Å². The van der Waals surface area contributed by atoms with E-state index in [-0.39, 0.29) is 5.91 Å². The standard InChI is InChI=1S/C15H20N2OS/c1-13(2)11-17(10-6-9-16)15(18)12-19-14-7-4-3-5-8-14/h3-5,7-8,13H,6,10-12H2,1-2H3. The molecule has 19 heavy (non-hydrogen) atoms. The maximum absolute atomic E-state index is 12.2. The predicted octanol–water partition coefficient (Wildman–Crippen LogP) is 3.18. The minimum absolute atomic E-state index is 0.109. The van der Waals surface area contributed by atoms with Crippen LogP contribution in [0, 0.1) is 17.2 Å². The molecule has 3 nitrogen and oxygen atoms in total. The molecule has 0 saturated heterocycles. The van der Waals surface area contributed by atoms with Crippen molar-refractivity contribution in [3.8, 4) is 6.07 Å². The summed E-state index contributed by atoms with van der Waals surface area (Å²) in [5.41, 5.74) is 0. The molecule has 0 saturated carbocycles. The van der Waals surface area contributed by atoms with Crippen LogP contribution in [0.25, 0.3) is 0 Å². The lowest BCUT2D eigenvalue weighted by Gasteiger charge is -2.23. The van der Waals surface area contributed by atoms with Crippen LogP contribution in [0.4, 0.5) is 0 Å². The summed E-state index contributed by atoms with van der Waals surface area (Å²) in [4.78, 5) is 15.0. The van der Waals surface area contributed by atoms with Crippen LogP contribution in [0.2, 0.25) is 0 Å². The molecule has 0 aliphatic rings. The molecule has 0 aliphatic carbocycles. The van der Waals surface area contributed by atoms with Gasteiger partial charge in [-0.1, -0.05) is 32.0 Å². The first-order valence-corrected chi connectivity index (χ1v) is 7.44. The molecule has 1 amide bonds. The zero-order chi connectivity index (χ0) is 14.1. The van der Waals surface area contributed by atoms with E-state index in [1.54, 1.807) is 16.7 Å². The Kier molecular flexibility index (Phi) is 7.06. The molecular weight excluding hydrogens is 256 g/mol. The van der Waals surface area contributed by atoms with Gasteiger partial charge in [0, 0.05) is 18.0 Å². The smallest absolute Gasteiger partial charge is 0.232 e. The van der Waals surface area contributed by atoms with Gasteiger partial charge >= 0.3 is 0 Å². The Labute approximate surface area is 119 Å². The molecule has 0 spiro atoms. The third-order valence-electron chi connectivity index (χ3n) is 2.54. The highest BCUT2D eigenvalue weighted by molar-refractivity contribution is 8.00. The molecule has 0 heterocycles. The van der Waals surface area contributed by atoms with Gasteiger partial charge in [0.1, 0.15) is 0 Å². The lowest BCUT2D eigenvalue weighted by atomic mass is 10.2. The zero-order valence-corrected chi connectivity index (χ0v) is 12.3. The van der Waals surface area contributed by atoms with Crippen molar-refractivity contribution in [2.45, 2.75) is 25.2 Å². The minimum atomic E-state index is 0.109. The topological polar surface area (TPSA) is 44.1 Å². The fourth-order valence-corrected chi connectivity index (χ4v) is 2.52. The zero-order valence-electron chi connectivity index (χ0n) is 11.5. The van der Waals surface area contributed by atoms with Crippen LogP contribution in [0.3, 0.4) is 0 Å². The van der Waals surface area contributed by atoms with Gasteiger partial charge in [-0.15, -0.1) is 11.8 Å². The third kappa shape index (κ3) is 6.30. The van der Waals surface area contributed by atoms with Crippen molar-refractivity contribution in [3.05, 3.63) is 30.3 Å². The van der Waals surface area contributed by atoms with Crippen LogP contribution >= 0.6 is 11.8 Å². The molecule has 0 unspecified atom stereocenters. The van der Waals surface area contributed by atoms with Crippen LogP contribution in [-0.4, -0.2) is 29.6 Å². The van der Waals surface area contributed by atoms with Gasteiger partial charge in [0.25, 0.3) is 0 Å². The molecule has 1 aromatic carbocycles. The average molecular weight is 276 g/mol. The molecular formula is C15H20N2OS. The Hall–Kier alpha value is -1.47. The number of nitrogens with zero attached hydrogens (tertiary/aromatic N) is 2. The number of nitriles is 1. The Morgan fingerprint density at radius 2 is 2.05 bits per heavy atom. The maximum Gasteiger partial charge on any atom is 0.232 e. The molecule has 0 aromatic heterocycles. The second-order valence-electron chi connectivity index (χ2n) is 4.74. The van der Waals surface area contributed by atoms with Gasteiger partial charge in [0.2, 0.25) is 5.91 Å². The van der Waals surface area contributed by atoms with E-state index >= 15 is 0 Å². The van der Waals surface area contributed by atoms with Crippen LogP contribution in [0.5, 0.6) is 0 Å². The second-order valence-corrected chi connectivity index (χ2v) is 5.79. The van der Waals surface area contributed by atoms with E-state index < -0.39 is 0 Å².